The zero-order valence-corrected chi connectivity index (χ0v) is 27.9. The lowest BCUT2D eigenvalue weighted by Crippen LogP contribution is -2.16. The third kappa shape index (κ3) is 4.54. The number of hydrogen-bond donors (Lipinski definition) is 1. The van der Waals surface area contributed by atoms with E-state index in [9.17, 15) is 0 Å². The largest absolute Gasteiger partial charge is 0.456 e. The van der Waals surface area contributed by atoms with Crippen molar-refractivity contribution in [3.63, 3.8) is 0 Å². The highest BCUT2D eigenvalue weighted by atomic mass is 16.3. The Bertz CT molecular complexity index is 2970. The van der Waals surface area contributed by atoms with E-state index in [0.29, 0.717) is 5.88 Å². The molecule has 2 aromatic heterocycles. The van der Waals surface area contributed by atoms with Gasteiger partial charge in [-0.25, -0.2) is 0 Å². The van der Waals surface area contributed by atoms with Crippen LogP contribution in [0, 0.1) is 0 Å². The maximum Gasteiger partial charge on any atom is 0.201 e. The Balaban J connectivity index is 1.14. The minimum atomic E-state index is 0.386. The zero-order chi connectivity index (χ0) is 34.1. The normalized spacial score (nSPS) is 12.2. The number of nitrogens with zero attached hydrogens (tertiary/aromatic N) is 1. The molecule has 0 saturated heterocycles. The first kappa shape index (κ1) is 29.2. The van der Waals surface area contributed by atoms with Crippen LogP contribution in [0.15, 0.2) is 173 Å². The van der Waals surface area contributed by atoms with E-state index in [1.165, 1.54) is 37.9 Å². The monoisotopic (exact) mass is 656 g/mol. The minimum absolute atomic E-state index is 0.386. The van der Waals surface area contributed by atoms with Crippen LogP contribution < -0.4 is 10.6 Å². The highest BCUT2D eigenvalue weighted by molar-refractivity contribution is 6.25. The average Bonchev–Trinajstić information content (AvgIpc) is 3.73. The van der Waals surface area contributed by atoms with Gasteiger partial charge in [-0.1, -0.05) is 115 Å². The van der Waals surface area contributed by atoms with Gasteiger partial charge in [-0.2, -0.15) is 0 Å². The van der Waals surface area contributed by atoms with Gasteiger partial charge < -0.3 is 19.5 Å². The Kier molecular flexibility index (Phi) is 6.52. The fourth-order valence-corrected chi connectivity index (χ4v) is 7.88. The molecule has 4 nitrogen and oxygen atoms in total. The van der Waals surface area contributed by atoms with Crippen molar-refractivity contribution in [1.29, 1.82) is 0 Å². The molecule has 0 fully saturated rings. The number of furan rings is 2. The third-order valence-electron chi connectivity index (χ3n) is 10.2. The maximum absolute atomic E-state index is 6.64. The van der Waals surface area contributed by atoms with Gasteiger partial charge in [-0.05, 0) is 98.9 Å². The molecular formula is C47H32N2O2. The number of allylic oxidation sites excluding steroid dienone is 1. The Morgan fingerprint density at radius 3 is 1.63 bits per heavy atom. The third-order valence-corrected chi connectivity index (χ3v) is 10.2. The van der Waals surface area contributed by atoms with Crippen molar-refractivity contribution < 1.29 is 8.83 Å². The Hall–Kier alpha value is -6.78. The highest BCUT2D eigenvalue weighted by Gasteiger charge is 2.24. The molecular weight excluding hydrogens is 625 g/mol. The van der Waals surface area contributed by atoms with E-state index in [-0.39, 0.29) is 0 Å². The number of para-hydroxylation sites is 2. The van der Waals surface area contributed by atoms with Crippen molar-refractivity contribution in [2.75, 3.05) is 10.6 Å². The van der Waals surface area contributed by atoms with Gasteiger partial charge in [0.1, 0.15) is 16.7 Å². The van der Waals surface area contributed by atoms with Gasteiger partial charge in [0.25, 0.3) is 0 Å². The summed E-state index contributed by atoms with van der Waals surface area (Å²) in [5.74, 6) is 0.386. The van der Waals surface area contributed by atoms with E-state index in [0.717, 1.165) is 61.1 Å². The Labute approximate surface area is 294 Å². The van der Waals surface area contributed by atoms with Crippen LogP contribution in [-0.2, 0) is 0 Å². The quantitative estimate of drug-likeness (QED) is 0.187. The standard InChI is InChI=1S/C47H32N2O2/c1-2-42(46-39-16-8-10-18-44(39)51-47(46)48)49(32-24-26-45-41(28-32)38-15-7-9-17-43(38)50-45)31-22-19-29(20-23-31)30-21-25-37-35-13-4-3-11-33(35)34-12-5-6-14-36(34)40(37)27-30/h2-28H,48H2,1H3/b42-2+. The molecule has 0 amide bonds. The van der Waals surface area contributed by atoms with Gasteiger partial charge >= 0.3 is 0 Å². The maximum atomic E-state index is 6.64. The summed E-state index contributed by atoms with van der Waals surface area (Å²) in [6.07, 6.45) is 2.11. The minimum Gasteiger partial charge on any atom is -0.456 e. The Morgan fingerprint density at radius 1 is 0.451 bits per heavy atom. The molecule has 0 bridgehead atoms. The second kappa shape index (κ2) is 11.4. The summed E-state index contributed by atoms with van der Waals surface area (Å²) in [5, 5.41) is 10.7. The first-order chi connectivity index (χ1) is 25.2. The van der Waals surface area contributed by atoms with Gasteiger partial charge in [-0.15, -0.1) is 0 Å². The smallest absolute Gasteiger partial charge is 0.201 e. The first-order valence-corrected chi connectivity index (χ1v) is 17.2. The summed E-state index contributed by atoms with van der Waals surface area (Å²) < 4.78 is 12.3. The summed E-state index contributed by atoms with van der Waals surface area (Å²) in [5.41, 5.74) is 15.2. The van der Waals surface area contributed by atoms with Crippen molar-refractivity contribution in [1.82, 2.24) is 0 Å². The second-order valence-corrected chi connectivity index (χ2v) is 13.0. The van der Waals surface area contributed by atoms with Crippen molar-refractivity contribution >= 4 is 88.2 Å². The van der Waals surface area contributed by atoms with E-state index in [1.807, 2.05) is 43.3 Å². The second-order valence-electron chi connectivity index (χ2n) is 13.0. The zero-order valence-electron chi connectivity index (χ0n) is 27.9. The van der Waals surface area contributed by atoms with E-state index in [2.05, 4.69) is 132 Å². The molecule has 0 atom stereocenters. The molecule has 2 heterocycles. The van der Waals surface area contributed by atoms with Crippen molar-refractivity contribution in [3.05, 3.63) is 169 Å². The van der Waals surface area contributed by atoms with Crippen LogP contribution in [0.5, 0.6) is 0 Å². The fraction of sp³-hybridized carbons (Fsp3) is 0.0213. The molecule has 51 heavy (non-hydrogen) atoms. The number of benzene rings is 8. The molecule has 242 valence electrons. The van der Waals surface area contributed by atoms with Crippen LogP contribution in [0.2, 0.25) is 0 Å². The number of nitrogen functional groups attached to an aromatic ring is 1. The number of nitrogens with two attached hydrogens (primary N) is 1. The van der Waals surface area contributed by atoms with Crippen LogP contribution in [-0.4, -0.2) is 0 Å². The molecule has 0 spiro atoms. The van der Waals surface area contributed by atoms with Crippen molar-refractivity contribution in [3.8, 4) is 11.1 Å². The van der Waals surface area contributed by atoms with E-state index in [4.69, 9.17) is 14.6 Å². The summed E-state index contributed by atoms with van der Waals surface area (Å²) in [6.45, 7) is 2.05. The predicted molar refractivity (Wildman–Crippen MR) is 215 cm³/mol. The predicted octanol–water partition coefficient (Wildman–Crippen LogP) is 13.2. The molecule has 8 aromatic carbocycles. The Morgan fingerprint density at radius 2 is 0.961 bits per heavy atom. The van der Waals surface area contributed by atoms with Crippen LogP contribution in [0.25, 0.3) is 82.0 Å². The average molecular weight is 657 g/mol. The molecule has 4 heteroatoms. The first-order valence-electron chi connectivity index (χ1n) is 17.2. The molecule has 10 aromatic rings. The number of fused-ring (bicyclic) bond motifs is 10. The fourth-order valence-electron chi connectivity index (χ4n) is 7.88. The number of rotatable bonds is 5. The summed E-state index contributed by atoms with van der Waals surface area (Å²) >= 11 is 0. The SMILES string of the molecule is C/C=C(\c1c(N)oc2ccccc12)N(c1ccc(-c2ccc3c4ccccc4c4ccccc4c3c2)cc1)c1ccc2oc3ccccc3c2c1. The van der Waals surface area contributed by atoms with Crippen LogP contribution >= 0.6 is 0 Å². The topological polar surface area (TPSA) is 55.5 Å². The molecule has 0 saturated carbocycles. The van der Waals surface area contributed by atoms with Crippen LogP contribution in [0.3, 0.4) is 0 Å². The van der Waals surface area contributed by atoms with Gasteiger partial charge in [0.2, 0.25) is 5.88 Å². The van der Waals surface area contributed by atoms with E-state index >= 15 is 0 Å². The summed E-state index contributed by atoms with van der Waals surface area (Å²) in [7, 11) is 0. The lowest BCUT2D eigenvalue weighted by atomic mass is 9.92. The van der Waals surface area contributed by atoms with E-state index in [1.54, 1.807) is 0 Å². The molecule has 0 radical (unpaired) electrons. The molecule has 10 rings (SSSR count). The van der Waals surface area contributed by atoms with Gasteiger partial charge in [0.05, 0.1) is 11.3 Å². The van der Waals surface area contributed by atoms with Crippen LogP contribution in [0.1, 0.15) is 12.5 Å². The van der Waals surface area contributed by atoms with E-state index < -0.39 is 0 Å². The molecule has 0 aliphatic rings. The van der Waals surface area contributed by atoms with Crippen molar-refractivity contribution in [2.45, 2.75) is 6.92 Å². The number of hydrogen-bond acceptors (Lipinski definition) is 4. The summed E-state index contributed by atoms with van der Waals surface area (Å²) in [6, 6.07) is 55.6. The number of anilines is 3. The molecule has 0 unspecified atom stereocenters. The lowest BCUT2D eigenvalue weighted by Gasteiger charge is -2.28. The van der Waals surface area contributed by atoms with Gasteiger partial charge in [0.15, 0.2) is 0 Å². The van der Waals surface area contributed by atoms with Crippen LogP contribution in [0.4, 0.5) is 17.3 Å². The van der Waals surface area contributed by atoms with Gasteiger partial charge in [-0.3, -0.25) is 0 Å². The van der Waals surface area contributed by atoms with Gasteiger partial charge in [0, 0.05) is 27.5 Å². The van der Waals surface area contributed by atoms with Crippen molar-refractivity contribution in [2.24, 2.45) is 0 Å². The highest BCUT2D eigenvalue weighted by Crippen LogP contribution is 2.44. The lowest BCUT2D eigenvalue weighted by molar-refractivity contribution is 0.636. The molecule has 0 aliphatic carbocycles. The summed E-state index contributed by atoms with van der Waals surface area (Å²) in [4.78, 5) is 2.26. The molecule has 2 N–H and O–H groups in total. The molecule has 0 aliphatic heterocycles.